The summed E-state index contributed by atoms with van der Waals surface area (Å²) in [6.07, 6.45) is 6.26. The third kappa shape index (κ3) is 7.37. The van der Waals surface area contributed by atoms with Gasteiger partial charge in [0.2, 0.25) is 0 Å². The molecule has 0 radical (unpaired) electrons. The summed E-state index contributed by atoms with van der Waals surface area (Å²) in [5.41, 5.74) is 5.67. The van der Waals surface area contributed by atoms with E-state index in [1.165, 1.54) is 5.56 Å². The molecule has 4 rings (SSSR count). The number of hydrogen-bond donors (Lipinski definition) is 0. The Morgan fingerprint density at radius 2 is 1.80 bits per heavy atom. The van der Waals surface area contributed by atoms with Crippen LogP contribution in [0.25, 0.3) is 0 Å². The highest BCUT2D eigenvalue weighted by Gasteiger charge is 2.22. The average Bonchev–Trinajstić information content (AvgIpc) is 2.87. The monoisotopic (exact) mass is 472 g/mol. The third-order valence-corrected chi connectivity index (χ3v) is 5.60. The molecule has 7 nitrogen and oxygen atoms in total. The van der Waals surface area contributed by atoms with Crippen LogP contribution in [0, 0.1) is 12.3 Å². The van der Waals surface area contributed by atoms with Crippen molar-refractivity contribution < 1.29 is 14.4 Å². The van der Waals surface area contributed by atoms with Gasteiger partial charge < -0.3 is 14.4 Å². The molecule has 0 fully saturated rings. The Morgan fingerprint density at radius 3 is 2.60 bits per heavy atom. The van der Waals surface area contributed by atoms with Gasteiger partial charge in [-0.2, -0.15) is 0 Å². The van der Waals surface area contributed by atoms with Crippen LogP contribution in [0.5, 0.6) is 5.75 Å². The Balaban J connectivity index is 1.21. The molecule has 0 saturated heterocycles. The van der Waals surface area contributed by atoms with Gasteiger partial charge in [0.05, 0.1) is 23.8 Å². The van der Waals surface area contributed by atoms with Gasteiger partial charge in [-0.3, -0.25) is 9.97 Å². The van der Waals surface area contributed by atoms with Gasteiger partial charge in [0.1, 0.15) is 31.3 Å². The molecule has 0 unspecified atom stereocenters. The minimum atomic E-state index is -0.262. The second-order valence-corrected chi connectivity index (χ2v) is 9.49. The van der Waals surface area contributed by atoms with E-state index in [9.17, 15) is 0 Å². The Hall–Kier alpha value is -3.74. The molecule has 0 amide bonds. The van der Waals surface area contributed by atoms with E-state index in [0.717, 1.165) is 41.9 Å². The summed E-state index contributed by atoms with van der Waals surface area (Å²) in [6, 6.07) is 17.9. The van der Waals surface area contributed by atoms with Crippen molar-refractivity contribution >= 4 is 11.9 Å². The first-order chi connectivity index (χ1) is 17.0. The molecule has 0 aliphatic heterocycles. The molecule has 1 aliphatic rings. The van der Waals surface area contributed by atoms with Gasteiger partial charge in [-0.05, 0) is 55.5 Å². The van der Waals surface area contributed by atoms with Crippen molar-refractivity contribution in [3.8, 4) is 5.75 Å². The van der Waals surface area contributed by atoms with Gasteiger partial charge in [0.15, 0.2) is 0 Å². The molecular formula is C28H32N4O3. The van der Waals surface area contributed by atoms with Crippen LogP contribution in [0.4, 0.5) is 0 Å². The summed E-state index contributed by atoms with van der Waals surface area (Å²) in [7, 11) is 0. The fourth-order valence-electron chi connectivity index (χ4n) is 3.61. The Morgan fingerprint density at radius 1 is 0.971 bits per heavy atom. The van der Waals surface area contributed by atoms with Crippen LogP contribution in [0.1, 0.15) is 54.9 Å². The highest BCUT2D eigenvalue weighted by Crippen LogP contribution is 2.22. The van der Waals surface area contributed by atoms with E-state index < -0.39 is 0 Å². The highest BCUT2D eigenvalue weighted by molar-refractivity contribution is 6.00. The fourth-order valence-corrected chi connectivity index (χ4v) is 3.61. The molecule has 7 heteroatoms. The number of rotatable bonds is 10. The van der Waals surface area contributed by atoms with E-state index in [0.29, 0.717) is 31.3 Å². The maximum Gasteiger partial charge on any atom is 0.138 e. The minimum Gasteiger partial charge on any atom is -0.487 e. The Kier molecular flexibility index (Phi) is 8.08. The zero-order valence-corrected chi connectivity index (χ0v) is 20.6. The zero-order chi connectivity index (χ0) is 24.5. The predicted molar refractivity (Wildman–Crippen MR) is 137 cm³/mol. The summed E-state index contributed by atoms with van der Waals surface area (Å²) in [4.78, 5) is 20.2. The van der Waals surface area contributed by atoms with Crippen LogP contribution < -0.4 is 4.74 Å². The normalized spacial score (nSPS) is 14.7. The first kappa shape index (κ1) is 24.4. The van der Waals surface area contributed by atoms with E-state index in [4.69, 9.17) is 14.4 Å². The summed E-state index contributed by atoms with van der Waals surface area (Å²) in [6.45, 7) is 7.41. The van der Waals surface area contributed by atoms with Gasteiger partial charge >= 0.3 is 0 Å². The third-order valence-electron chi connectivity index (χ3n) is 5.60. The SMILES string of the molecule is Cc1ccc2c(n1)/C(=N/OCC(C)(C)CO/N=C/c1ccc(OCc3ccccc3)cn1)CCC2. The number of benzene rings is 1. The smallest absolute Gasteiger partial charge is 0.138 e. The van der Waals surface area contributed by atoms with Crippen LogP contribution in [0.2, 0.25) is 0 Å². The van der Waals surface area contributed by atoms with Crippen molar-refractivity contribution in [2.45, 2.75) is 46.6 Å². The lowest BCUT2D eigenvalue weighted by Gasteiger charge is -2.22. The number of pyridine rings is 2. The Labute approximate surface area is 206 Å². The molecule has 2 aromatic heterocycles. The van der Waals surface area contributed by atoms with Gasteiger partial charge in [-0.1, -0.05) is 60.6 Å². The number of ether oxygens (including phenoxy) is 1. The Bertz CT molecular complexity index is 1160. The van der Waals surface area contributed by atoms with Crippen LogP contribution in [0.3, 0.4) is 0 Å². The first-order valence-electron chi connectivity index (χ1n) is 11.9. The lowest BCUT2D eigenvalue weighted by molar-refractivity contribution is 0.000295. The summed E-state index contributed by atoms with van der Waals surface area (Å²) in [5, 5.41) is 8.47. The molecule has 3 aromatic rings. The number of oxime groups is 2. The number of aryl methyl sites for hydroxylation is 2. The van der Waals surface area contributed by atoms with Crippen LogP contribution >= 0.6 is 0 Å². The van der Waals surface area contributed by atoms with E-state index >= 15 is 0 Å². The standard InChI is InChI=1S/C28H32N4O3/c1-21-12-13-23-10-7-11-26(27(23)31-21)32-35-20-28(2,3)19-34-30-16-24-14-15-25(17-29-24)33-18-22-8-5-4-6-9-22/h4-6,8-9,12-17H,7,10-11,18-20H2,1-3H3/b30-16+,32-26+. The summed E-state index contributed by atoms with van der Waals surface area (Å²) >= 11 is 0. The van der Waals surface area contributed by atoms with Crippen molar-refractivity contribution in [3.63, 3.8) is 0 Å². The minimum absolute atomic E-state index is 0.262. The van der Waals surface area contributed by atoms with Crippen molar-refractivity contribution in [1.82, 2.24) is 9.97 Å². The molecule has 0 bridgehead atoms. The van der Waals surface area contributed by atoms with E-state index in [1.807, 2.05) is 55.5 Å². The summed E-state index contributed by atoms with van der Waals surface area (Å²) in [5.74, 6) is 0.706. The predicted octanol–water partition coefficient (Wildman–Crippen LogP) is 5.50. The van der Waals surface area contributed by atoms with Gasteiger partial charge in [-0.25, -0.2) is 0 Å². The van der Waals surface area contributed by atoms with Gasteiger partial charge in [-0.15, -0.1) is 0 Å². The molecule has 2 heterocycles. The summed E-state index contributed by atoms with van der Waals surface area (Å²) < 4.78 is 5.76. The number of fused-ring (bicyclic) bond motifs is 1. The number of nitrogens with zero attached hydrogens (tertiary/aromatic N) is 4. The van der Waals surface area contributed by atoms with Crippen LogP contribution in [0.15, 0.2) is 71.1 Å². The second-order valence-electron chi connectivity index (χ2n) is 9.49. The quantitative estimate of drug-likeness (QED) is 0.288. The molecule has 0 spiro atoms. The first-order valence-corrected chi connectivity index (χ1v) is 11.9. The van der Waals surface area contributed by atoms with Crippen molar-refractivity contribution in [1.29, 1.82) is 0 Å². The fraction of sp³-hybridized carbons (Fsp3) is 0.357. The van der Waals surface area contributed by atoms with Gasteiger partial charge in [0.25, 0.3) is 0 Å². The number of hydrogen-bond acceptors (Lipinski definition) is 7. The van der Waals surface area contributed by atoms with Crippen molar-refractivity contribution in [2.24, 2.45) is 15.7 Å². The maximum atomic E-state index is 5.76. The molecule has 182 valence electrons. The van der Waals surface area contributed by atoms with Crippen LogP contribution in [-0.2, 0) is 22.7 Å². The maximum absolute atomic E-state index is 5.76. The van der Waals surface area contributed by atoms with E-state index in [-0.39, 0.29) is 5.41 Å². The van der Waals surface area contributed by atoms with Crippen molar-refractivity contribution in [2.75, 3.05) is 13.2 Å². The lowest BCUT2D eigenvalue weighted by Crippen LogP contribution is -2.24. The average molecular weight is 473 g/mol. The zero-order valence-electron chi connectivity index (χ0n) is 20.6. The molecule has 0 atom stereocenters. The lowest BCUT2D eigenvalue weighted by atomic mass is 9.94. The molecular weight excluding hydrogens is 440 g/mol. The largest absolute Gasteiger partial charge is 0.487 e. The van der Waals surface area contributed by atoms with E-state index in [1.54, 1.807) is 12.4 Å². The highest BCUT2D eigenvalue weighted by atomic mass is 16.6. The van der Waals surface area contributed by atoms with E-state index in [2.05, 4.69) is 40.2 Å². The molecule has 1 aromatic carbocycles. The molecule has 1 aliphatic carbocycles. The molecule has 35 heavy (non-hydrogen) atoms. The second kappa shape index (κ2) is 11.6. The molecule has 0 N–H and O–H groups in total. The number of aromatic nitrogens is 2. The van der Waals surface area contributed by atoms with Crippen molar-refractivity contribution in [3.05, 3.63) is 89.0 Å². The van der Waals surface area contributed by atoms with Gasteiger partial charge in [0, 0.05) is 11.1 Å². The van der Waals surface area contributed by atoms with Crippen LogP contribution in [-0.4, -0.2) is 35.1 Å². The topological polar surface area (TPSA) is 78.2 Å². The molecule has 0 saturated carbocycles.